The average Bonchev–Trinajstić information content (AvgIpc) is 2.08. The Balaban J connectivity index is 2.96. The topological polar surface area (TPSA) is 46.2 Å². The lowest BCUT2D eigenvalue weighted by Crippen LogP contribution is -2.08. The van der Waals surface area contributed by atoms with Crippen LogP contribution in [0.3, 0.4) is 0 Å². The molecule has 12 heavy (non-hydrogen) atoms. The Morgan fingerprint density at radius 3 is 2.67 bits per heavy atom. The fraction of sp³-hybridized carbons (Fsp3) is 0.400. The van der Waals surface area contributed by atoms with Crippen molar-refractivity contribution in [3.63, 3.8) is 0 Å². The van der Waals surface area contributed by atoms with Crippen LogP contribution < -0.4 is 5.73 Å². The molecular weight excluding hydrogens is 150 g/mol. The first-order valence-corrected chi connectivity index (χ1v) is 4.20. The van der Waals surface area contributed by atoms with E-state index in [1.165, 1.54) is 0 Å². The normalized spacial score (nSPS) is 12.9. The van der Waals surface area contributed by atoms with Crippen LogP contribution in [0, 0.1) is 6.92 Å². The van der Waals surface area contributed by atoms with E-state index in [0.717, 1.165) is 17.5 Å². The molecular formula is C10H15NO. The predicted molar refractivity (Wildman–Crippen MR) is 50.1 cm³/mol. The van der Waals surface area contributed by atoms with Crippen LogP contribution in [0.4, 0.5) is 0 Å². The van der Waals surface area contributed by atoms with Gasteiger partial charge in [0.25, 0.3) is 0 Å². The number of aryl methyl sites for hydroxylation is 1. The highest BCUT2D eigenvalue weighted by Gasteiger charge is 2.04. The molecule has 1 rings (SSSR count). The molecule has 0 aliphatic heterocycles. The van der Waals surface area contributed by atoms with E-state index in [9.17, 15) is 5.11 Å². The number of hydrogen-bond donors (Lipinski definition) is 2. The molecule has 1 aromatic rings. The molecule has 0 aliphatic rings. The SMILES string of the molecule is CC[C@@H](N)c1ccc(C)c(O)c1. The highest BCUT2D eigenvalue weighted by molar-refractivity contribution is 5.36. The van der Waals surface area contributed by atoms with Crippen molar-refractivity contribution in [2.45, 2.75) is 26.3 Å². The Morgan fingerprint density at radius 1 is 1.50 bits per heavy atom. The zero-order valence-electron chi connectivity index (χ0n) is 7.54. The van der Waals surface area contributed by atoms with E-state index in [1.54, 1.807) is 6.07 Å². The highest BCUT2D eigenvalue weighted by Crippen LogP contribution is 2.22. The Kier molecular flexibility index (Phi) is 2.71. The largest absolute Gasteiger partial charge is 0.508 e. The molecule has 1 atom stereocenters. The van der Waals surface area contributed by atoms with Crippen molar-refractivity contribution >= 4 is 0 Å². The summed E-state index contributed by atoms with van der Waals surface area (Å²) in [7, 11) is 0. The molecule has 0 heterocycles. The zero-order chi connectivity index (χ0) is 9.14. The fourth-order valence-electron chi connectivity index (χ4n) is 1.09. The quantitative estimate of drug-likeness (QED) is 0.705. The lowest BCUT2D eigenvalue weighted by Gasteiger charge is -2.09. The molecule has 2 heteroatoms. The van der Waals surface area contributed by atoms with E-state index >= 15 is 0 Å². The Labute approximate surface area is 73.0 Å². The van der Waals surface area contributed by atoms with Crippen molar-refractivity contribution in [3.8, 4) is 5.75 Å². The van der Waals surface area contributed by atoms with Gasteiger partial charge in [-0.1, -0.05) is 19.1 Å². The molecule has 0 amide bonds. The van der Waals surface area contributed by atoms with Gasteiger partial charge in [-0.25, -0.2) is 0 Å². The third kappa shape index (κ3) is 1.77. The molecule has 0 radical (unpaired) electrons. The van der Waals surface area contributed by atoms with E-state index in [4.69, 9.17) is 5.73 Å². The summed E-state index contributed by atoms with van der Waals surface area (Å²) in [4.78, 5) is 0. The summed E-state index contributed by atoms with van der Waals surface area (Å²) in [5.41, 5.74) is 7.69. The Bertz CT molecular complexity index is 271. The van der Waals surface area contributed by atoms with Gasteiger partial charge in [0.2, 0.25) is 0 Å². The molecule has 0 aliphatic carbocycles. The van der Waals surface area contributed by atoms with Gasteiger partial charge in [-0.15, -0.1) is 0 Å². The van der Waals surface area contributed by atoms with Crippen LogP contribution in [0.5, 0.6) is 5.75 Å². The van der Waals surface area contributed by atoms with Gasteiger partial charge < -0.3 is 10.8 Å². The average molecular weight is 165 g/mol. The monoisotopic (exact) mass is 165 g/mol. The van der Waals surface area contributed by atoms with Gasteiger partial charge in [-0.3, -0.25) is 0 Å². The minimum Gasteiger partial charge on any atom is -0.508 e. The standard InChI is InChI=1S/C10H15NO/c1-3-9(11)8-5-4-7(2)10(12)6-8/h4-6,9,12H,3,11H2,1-2H3/t9-/m1/s1. The summed E-state index contributed by atoms with van der Waals surface area (Å²) in [6.07, 6.45) is 0.891. The number of phenols is 1. The predicted octanol–water partition coefficient (Wildman–Crippen LogP) is 2.11. The van der Waals surface area contributed by atoms with E-state index in [0.29, 0.717) is 5.75 Å². The molecule has 3 N–H and O–H groups in total. The summed E-state index contributed by atoms with van der Waals surface area (Å²) >= 11 is 0. The Morgan fingerprint density at radius 2 is 2.17 bits per heavy atom. The van der Waals surface area contributed by atoms with Gasteiger partial charge in [0.1, 0.15) is 5.75 Å². The van der Waals surface area contributed by atoms with E-state index in [1.807, 2.05) is 26.0 Å². The van der Waals surface area contributed by atoms with Gasteiger partial charge >= 0.3 is 0 Å². The molecule has 0 unspecified atom stereocenters. The number of hydrogen-bond acceptors (Lipinski definition) is 2. The lowest BCUT2D eigenvalue weighted by atomic mass is 10.0. The maximum absolute atomic E-state index is 9.39. The highest BCUT2D eigenvalue weighted by atomic mass is 16.3. The second kappa shape index (κ2) is 3.59. The molecule has 66 valence electrons. The summed E-state index contributed by atoms with van der Waals surface area (Å²) in [6.45, 7) is 3.90. The summed E-state index contributed by atoms with van der Waals surface area (Å²) in [5.74, 6) is 0.330. The molecule has 0 saturated heterocycles. The van der Waals surface area contributed by atoms with E-state index < -0.39 is 0 Å². The molecule has 0 bridgehead atoms. The maximum Gasteiger partial charge on any atom is 0.118 e. The van der Waals surface area contributed by atoms with Crippen molar-refractivity contribution in [3.05, 3.63) is 29.3 Å². The first-order valence-electron chi connectivity index (χ1n) is 4.20. The van der Waals surface area contributed by atoms with Gasteiger partial charge in [-0.05, 0) is 30.5 Å². The fourth-order valence-corrected chi connectivity index (χ4v) is 1.09. The van der Waals surface area contributed by atoms with Crippen LogP contribution in [-0.2, 0) is 0 Å². The first kappa shape index (κ1) is 9.07. The first-order chi connectivity index (χ1) is 5.65. The van der Waals surface area contributed by atoms with E-state index in [-0.39, 0.29) is 6.04 Å². The zero-order valence-corrected chi connectivity index (χ0v) is 7.54. The second-order valence-corrected chi connectivity index (χ2v) is 3.06. The molecule has 0 spiro atoms. The third-order valence-electron chi connectivity index (χ3n) is 2.10. The summed E-state index contributed by atoms with van der Waals surface area (Å²) < 4.78 is 0. The number of phenolic OH excluding ortho intramolecular Hbond substituents is 1. The third-order valence-corrected chi connectivity index (χ3v) is 2.10. The van der Waals surface area contributed by atoms with Gasteiger partial charge in [0.05, 0.1) is 0 Å². The molecule has 0 fully saturated rings. The molecule has 0 aromatic heterocycles. The minimum atomic E-state index is 0.0384. The van der Waals surface area contributed by atoms with E-state index in [2.05, 4.69) is 0 Å². The molecule has 2 nitrogen and oxygen atoms in total. The van der Waals surface area contributed by atoms with Crippen LogP contribution in [0.2, 0.25) is 0 Å². The van der Waals surface area contributed by atoms with Crippen molar-refractivity contribution in [1.29, 1.82) is 0 Å². The van der Waals surface area contributed by atoms with Crippen molar-refractivity contribution in [2.24, 2.45) is 5.73 Å². The lowest BCUT2D eigenvalue weighted by molar-refractivity contribution is 0.469. The molecule has 1 aromatic carbocycles. The smallest absolute Gasteiger partial charge is 0.118 e. The number of aromatic hydroxyl groups is 1. The van der Waals surface area contributed by atoms with Crippen LogP contribution in [0.25, 0.3) is 0 Å². The maximum atomic E-state index is 9.39. The second-order valence-electron chi connectivity index (χ2n) is 3.06. The van der Waals surface area contributed by atoms with Gasteiger partial charge in [0.15, 0.2) is 0 Å². The minimum absolute atomic E-state index is 0.0384. The summed E-state index contributed by atoms with van der Waals surface area (Å²) in [5, 5.41) is 9.39. The number of benzene rings is 1. The number of nitrogens with two attached hydrogens (primary N) is 1. The Hall–Kier alpha value is -1.02. The van der Waals surface area contributed by atoms with Crippen LogP contribution in [0.1, 0.15) is 30.5 Å². The van der Waals surface area contributed by atoms with Crippen LogP contribution in [0.15, 0.2) is 18.2 Å². The van der Waals surface area contributed by atoms with Crippen LogP contribution >= 0.6 is 0 Å². The molecule has 0 saturated carbocycles. The van der Waals surface area contributed by atoms with Gasteiger partial charge in [-0.2, -0.15) is 0 Å². The van der Waals surface area contributed by atoms with Crippen molar-refractivity contribution in [2.75, 3.05) is 0 Å². The van der Waals surface area contributed by atoms with Crippen molar-refractivity contribution < 1.29 is 5.11 Å². The summed E-state index contributed by atoms with van der Waals surface area (Å²) in [6, 6.07) is 5.63. The number of rotatable bonds is 2. The van der Waals surface area contributed by atoms with Crippen molar-refractivity contribution in [1.82, 2.24) is 0 Å². The van der Waals surface area contributed by atoms with Crippen LogP contribution in [-0.4, -0.2) is 5.11 Å². The van der Waals surface area contributed by atoms with Gasteiger partial charge in [0, 0.05) is 6.04 Å².